The summed E-state index contributed by atoms with van der Waals surface area (Å²) in [7, 11) is -3.24. The maximum absolute atomic E-state index is 11.8. The standard InChI is InChI=1S/C23H17ClN4O2S/c1-31(29,30)20-9-7-18(8-10-20)27-15-25-21-11-2-16(14-23(21)27)22-12-13-26-28(22)19-5-3-17(24)4-6-19/h2-15H,1H3. The summed E-state index contributed by atoms with van der Waals surface area (Å²) < 4.78 is 27.3. The van der Waals surface area contributed by atoms with Crippen molar-refractivity contribution in [3.63, 3.8) is 0 Å². The number of hydrogen-bond acceptors (Lipinski definition) is 4. The Morgan fingerprint density at radius 1 is 0.871 bits per heavy atom. The van der Waals surface area contributed by atoms with Crippen LogP contribution >= 0.6 is 11.6 Å². The number of imidazole rings is 1. The Hall–Kier alpha value is -3.42. The lowest BCUT2D eigenvalue weighted by atomic mass is 10.1. The first-order valence-electron chi connectivity index (χ1n) is 9.48. The van der Waals surface area contributed by atoms with E-state index >= 15 is 0 Å². The molecule has 0 bridgehead atoms. The minimum atomic E-state index is -3.24. The number of nitrogens with zero attached hydrogens (tertiary/aromatic N) is 4. The maximum Gasteiger partial charge on any atom is 0.175 e. The summed E-state index contributed by atoms with van der Waals surface area (Å²) in [6.45, 7) is 0. The molecule has 3 aromatic carbocycles. The van der Waals surface area contributed by atoms with Crippen LogP contribution in [0.4, 0.5) is 0 Å². The van der Waals surface area contributed by atoms with Crippen molar-refractivity contribution in [2.24, 2.45) is 0 Å². The number of sulfone groups is 1. The van der Waals surface area contributed by atoms with E-state index in [-0.39, 0.29) is 4.90 Å². The number of halogens is 1. The monoisotopic (exact) mass is 448 g/mol. The van der Waals surface area contributed by atoms with E-state index in [0.29, 0.717) is 5.02 Å². The average Bonchev–Trinajstić information content (AvgIpc) is 3.40. The molecule has 5 aromatic rings. The fourth-order valence-electron chi connectivity index (χ4n) is 3.54. The minimum Gasteiger partial charge on any atom is -0.299 e. The maximum atomic E-state index is 11.8. The van der Waals surface area contributed by atoms with Crippen LogP contribution in [0.3, 0.4) is 0 Å². The summed E-state index contributed by atoms with van der Waals surface area (Å²) in [6.07, 6.45) is 4.69. The zero-order valence-corrected chi connectivity index (χ0v) is 18.0. The molecule has 0 unspecified atom stereocenters. The van der Waals surface area contributed by atoms with E-state index in [0.717, 1.165) is 33.7 Å². The minimum absolute atomic E-state index is 0.285. The molecule has 0 spiro atoms. The molecule has 0 saturated carbocycles. The molecule has 5 rings (SSSR count). The summed E-state index contributed by atoms with van der Waals surface area (Å²) in [5.74, 6) is 0. The Morgan fingerprint density at radius 2 is 1.58 bits per heavy atom. The summed E-state index contributed by atoms with van der Waals surface area (Å²) in [6, 6.07) is 22.3. The van der Waals surface area contributed by atoms with E-state index in [1.165, 1.54) is 6.26 Å². The van der Waals surface area contributed by atoms with Crippen LogP contribution in [0.1, 0.15) is 0 Å². The van der Waals surface area contributed by atoms with Crippen molar-refractivity contribution in [3.8, 4) is 22.6 Å². The molecule has 0 radical (unpaired) electrons. The van der Waals surface area contributed by atoms with Gasteiger partial charge in [-0.2, -0.15) is 5.10 Å². The van der Waals surface area contributed by atoms with E-state index in [9.17, 15) is 8.42 Å². The van der Waals surface area contributed by atoms with Crippen LogP contribution < -0.4 is 0 Å². The topological polar surface area (TPSA) is 69.8 Å². The third-order valence-electron chi connectivity index (χ3n) is 5.10. The van der Waals surface area contributed by atoms with Gasteiger partial charge in [0.1, 0.15) is 6.33 Å². The van der Waals surface area contributed by atoms with Gasteiger partial charge in [0.25, 0.3) is 0 Å². The van der Waals surface area contributed by atoms with Gasteiger partial charge in [-0.15, -0.1) is 0 Å². The number of aromatic nitrogens is 4. The lowest BCUT2D eigenvalue weighted by molar-refractivity contribution is 0.602. The highest BCUT2D eigenvalue weighted by Crippen LogP contribution is 2.28. The second-order valence-electron chi connectivity index (χ2n) is 7.19. The van der Waals surface area contributed by atoms with Crippen LogP contribution in [0, 0.1) is 0 Å². The van der Waals surface area contributed by atoms with Gasteiger partial charge in [0, 0.05) is 22.5 Å². The molecule has 0 amide bonds. The van der Waals surface area contributed by atoms with Crippen LogP contribution in [0.5, 0.6) is 0 Å². The van der Waals surface area contributed by atoms with Gasteiger partial charge in [0.2, 0.25) is 0 Å². The van der Waals surface area contributed by atoms with E-state index in [1.807, 2.05) is 51.7 Å². The second kappa shape index (κ2) is 7.37. The first-order valence-corrected chi connectivity index (χ1v) is 11.7. The molecular weight excluding hydrogens is 432 g/mol. The van der Waals surface area contributed by atoms with Crippen molar-refractivity contribution in [1.29, 1.82) is 0 Å². The van der Waals surface area contributed by atoms with Crippen molar-refractivity contribution in [2.75, 3.05) is 6.26 Å². The second-order valence-corrected chi connectivity index (χ2v) is 9.64. The fraction of sp³-hybridized carbons (Fsp3) is 0.0435. The number of fused-ring (bicyclic) bond motifs is 1. The van der Waals surface area contributed by atoms with Gasteiger partial charge in [0.15, 0.2) is 9.84 Å². The van der Waals surface area contributed by atoms with Gasteiger partial charge >= 0.3 is 0 Å². The molecule has 0 aliphatic heterocycles. The number of rotatable bonds is 4. The SMILES string of the molecule is CS(=O)(=O)c1ccc(-n2cnc3ccc(-c4ccnn4-c4ccc(Cl)cc4)cc32)cc1. The van der Waals surface area contributed by atoms with E-state index in [4.69, 9.17) is 11.6 Å². The summed E-state index contributed by atoms with van der Waals surface area (Å²) in [5, 5.41) is 5.14. The Labute approximate surface area is 184 Å². The quantitative estimate of drug-likeness (QED) is 0.390. The molecular formula is C23H17ClN4O2S. The molecule has 0 N–H and O–H groups in total. The molecule has 0 atom stereocenters. The molecule has 154 valence electrons. The third-order valence-corrected chi connectivity index (χ3v) is 6.48. The van der Waals surface area contributed by atoms with Gasteiger partial charge < -0.3 is 0 Å². The lowest BCUT2D eigenvalue weighted by Gasteiger charge is -2.09. The zero-order valence-electron chi connectivity index (χ0n) is 16.5. The summed E-state index contributed by atoms with van der Waals surface area (Å²) in [5.41, 5.74) is 5.41. The highest BCUT2D eigenvalue weighted by atomic mass is 35.5. The van der Waals surface area contributed by atoms with Gasteiger partial charge in [-0.3, -0.25) is 4.57 Å². The first-order chi connectivity index (χ1) is 14.9. The predicted octanol–water partition coefficient (Wildman–Crippen LogP) is 4.94. The highest BCUT2D eigenvalue weighted by Gasteiger charge is 2.12. The molecule has 0 fully saturated rings. The average molecular weight is 449 g/mol. The van der Waals surface area contributed by atoms with E-state index in [1.54, 1.807) is 36.8 Å². The van der Waals surface area contributed by atoms with Gasteiger partial charge in [0.05, 0.1) is 33.5 Å². The van der Waals surface area contributed by atoms with Crippen molar-refractivity contribution < 1.29 is 8.42 Å². The molecule has 6 nitrogen and oxygen atoms in total. The van der Waals surface area contributed by atoms with Crippen molar-refractivity contribution in [1.82, 2.24) is 19.3 Å². The molecule has 0 saturated heterocycles. The van der Waals surface area contributed by atoms with Crippen LogP contribution in [0.15, 0.2) is 90.2 Å². The Bertz CT molecular complexity index is 1500. The molecule has 0 aliphatic carbocycles. The van der Waals surface area contributed by atoms with Crippen LogP contribution in [0.25, 0.3) is 33.7 Å². The van der Waals surface area contributed by atoms with Crippen LogP contribution in [-0.4, -0.2) is 34.0 Å². The molecule has 8 heteroatoms. The van der Waals surface area contributed by atoms with Gasteiger partial charge in [-0.25, -0.2) is 18.1 Å². The van der Waals surface area contributed by atoms with Gasteiger partial charge in [-0.05, 0) is 66.7 Å². The van der Waals surface area contributed by atoms with Crippen LogP contribution in [0.2, 0.25) is 5.02 Å². The Kier molecular flexibility index (Phi) is 4.64. The van der Waals surface area contributed by atoms with Crippen molar-refractivity contribution in [2.45, 2.75) is 4.90 Å². The molecule has 0 aliphatic rings. The van der Waals surface area contributed by atoms with E-state index < -0.39 is 9.84 Å². The number of hydrogen-bond donors (Lipinski definition) is 0. The van der Waals surface area contributed by atoms with Crippen molar-refractivity contribution >= 4 is 32.5 Å². The third kappa shape index (κ3) is 3.62. The Morgan fingerprint density at radius 3 is 2.29 bits per heavy atom. The van der Waals surface area contributed by atoms with E-state index in [2.05, 4.69) is 16.1 Å². The van der Waals surface area contributed by atoms with Crippen LogP contribution in [-0.2, 0) is 9.84 Å². The normalized spacial score (nSPS) is 11.8. The molecule has 31 heavy (non-hydrogen) atoms. The fourth-order valence-corrected chi connectivity index (χ4v) is 4.29. The smallest absolute Gasteiger partial charge is 0.175 e. The molecule has 2 heterocycles. The zero-order chi connectivity index (χ0) is 21.6. The van der Waals surface area contributed by atoms with Crippen molar-refractivity contribution in [3.05, 3.63) is 90.3 Å². The predicted molar refractivity (Wildman–Crippen MR) is 122 cm³/mol. The number of benzene rings is 3. The largest absolute Gasteiger partial charge is 0.299 e. The Balaban J connectivity index is 1.60. The summed E-state index contributed by atoms with van der Waals surface area (Å²) in [4.78, 5) is 4.77. The lowest BCUT2D eigenvalue weighted by Crippen LogP contribution is -1.99. The first kappa shape index (κ1) is 19.5. The highest BCUT2D eigenvalue weighted by molar-refractivity contribution is 7.90. The van der Waals surface area contributed by atoms with Gasteiger partial charge in [-0.1, -0.05) is 17.7 Å². The summed E-state index contributed by atoms with van der Waals surface area (Å²) >= 11 is 6.02. The molecule has 2 aromatic heterocycles.